The summed E-state index contributed by atoms with van der Waals surface area (Å²) in [4.78, 5) is 27.0. The number of rotatable bonds is 8. The van der Waals surface area contributed by atoms with E-state index in [9.17, 15) is 9.59 Å². The smallest absolute Gasteiger partial charge is 0.253 e. The summed E-state index contributed by atoms with van der Waals surface area (Å²) in [6.45, 7) is 10.7. The van der Waals surface area contributed by atoms with Crippen LogP contribution in [0.2, 0.25) is 0 Å². The second-order valence-electron chi connectivity index (χ2n) is 7.82. The molecule has 1 aromatic carbocycles. The summed E-state index contributed by atoms with van der Waals surface area (Å²) < 4.78 is 0. The highest BCUT2D eigenvalue weighted by Crippen LogP contribution is 2.24. The fourth-order valence-electron chi connectivity index (χ4n) is 3.24. The molecule has 5 heteroatoms. The molecule has 0 bridgehead atoms. The standard InChI is InChI=1S/C22H35N3O2/c1-5-16(3)15-23-22(27)19-9-7-8-10-20(19)25-13-11-18(12-14-25)24-21(26)17(4)6-2/h7-10,16-18H,5-6,11-15H2,1-4H3,(H,23,27)(H,24,26)/t16-,17+/m1/s1. The van der Waals surface area contributed by atoms with E-state index in [4.69, 9.17) is 0 Å². The quantitative estimate of drug-likeness (QED) is 0.732. The van der Waals surface area contributed by atoms with E-state index >= 15 is 0 Å². The number of hydrogen-bond donors (Lipinski definition) is 2. The Hall–Kier alpha value is -2.04. The minimum absolute atomic E-state index is 0.00176. The number of carbonyl (C=O) groups excluding carboxylic acids is 2. The Morgan fingerprint density at radius 1 is 1.11 bits per heavy atom. The highest BCUT2D eigenvalue weighted by Gasteiger charge is 2.24. The van der Waals surface area contributed by atoms with Gasteiger partial charge in [0.05, 0.1) is 5.56 Å². The fraction of sp³-hybridized carbons (Fsp3) is 0.636. The number of nitrogens with one attached hydrogen (secondary N) is 2. The van der Waals surface area contributed by atoms with Crippen LogP contribution in [0.25, 0.3) is 0 Å². The minimum atomic E-state index is -0.00176. The van der Waals surface area contributed by atoms with Crippen molar-refractivity contribution in [3.8, 4) is 0 Å². The molecule has 1 heterocycles. The highest BCUT2D eigenvalue weighted by atomic mass is 16.2. The Balaban J connectivity index is 1.96. The van der Waals surface area contributed by atoms with Crippen molar-refractivity contribution in [1.29, 1.82) is 0 Å². The zero-order chi connectivity index (χ0) is 19.8. The normalized spacial score (nSPS) is 17.3. The molecular formula is C22H35N3O2. The van der Waals surface area contributed by atoms with Crippen LogP contribution in [0, 0.1) is 11.8 Å². The summed E-state index contributed by atoms with van der Waals surface area (Å²) in [7, 11) is 0. The van der Waals surface area contributed by atoms with Crippen LogP contribution in [-0.2, 0) is 4.79 Å². The molecule has 2 atom stereocenters. The van der Waals surface area contributed by atoms with E-state index in [1.54, 1.807) is 0 Å². The van der Waals surface area contributed by atoms with E-state index in [1.807, 2.05) is 38.1 Å². The van der Waals surface area contributed by atoms with Crippen LogP contribution in [0.15, 0.2) is 24.3 Å². The molecule has 150 valence electrons. The van der Waals surface area contributed by atoms with Crippen LogP contribution in [0.1, 0.15) is 63.7 Å². The largest absolute Gasteiger partial charge is 0.371 e. The average molecular weight is 374 g/mol. The molecule has 1 fully saturated rings. The van der Waals surface area contributed by atoms with E-state index in [0.717, 1.165) is 50.0 Å². The molecule has 1 aliphatic heterocycles. The number of piperidine rings is 1. The average Bonchev–Trinajstić information content (AvgIpc) is 2.71. The van der Waals surface area contributed by atoms with Crippen molar-refractivity contribution in [2.45, 2.75) is 59.4 Å². The molecule has 0 saturated carbocycles. The zero-order valence-corrected chi connectivity index (χ0v) is 17.3. The van der Waals surface area contributed by atoms with Crippen molar-refractivity contribution in [2.75, 3.05) is 24.5 Å². The lowest BCUT2D eigenvalue weighted by Gasteiger charge is -2.35. The molecule has 5 nitrogen and oxygen atoms in total. The first-order valence-corrected chi connectivity index (χ1v) is 10.4. The second-order valence-corrected chi connectivity index (χ2v) is 7.82. The molecular weight excluding hydrogens is 338 g/mol. The molecule has 0 radical (unpaired) electrons. The number of para-hydroxylation sites is 1. The van der Waals surface area contributed by atoms with Crippen molar-refractivity contribution in [3.05, 3.63) is 29.8 Å². The van der Waals surface area contributed by atoms with Gasteiger partial charge in [-0.25, -0.2) is 0 Å². The molecule has 0 aliphatic carbocycles. The number of carbonyl (C=O) groups is 2. The highest BCUT2D eigenvalue weighted by molar-refractivity contribution is 5.99. The van der Waals surface area contributed by atoms with Crippen molar-refractivity contribution in [1.82, 2.24) is 10.6 Å². The number of amides is 2. The Morgan fingerprint density at radius 3 is 2.41 bits per heavy atom. The number of hydrogen-bond acceptors (Lipinski definition) is 3. The lowest BCUT2D eigenvalue weighted by molar-refractivity contribution is -0.125. The zero-order valence-electron chi connectivity index (χ0n) is 17.3. The molecule has 1 aromatic rings. The first kappa shape index (κ1) is 21.3. The van der Waals surface area contributed by atoms with Gasteiger partial charge in [0.15, 0.2) is 0 Å². The van der Waals surface area contributed by atoms with E-state index in [1.165, 1.54) is 0 Å². The summed E-state index contributed by atoms with van der Waals surface area (Å²) in [5.41, 5.74) is 1.73. The van der Waals surface area contributed by atoms with Gasteiger partial charge in [0.1, 0.15) is 0 Å². The topological polar surface area (TPSA) is 61.4 Å². The number of anilines is 1. The lowest BCUT2D eigenvalue weighted by atomic mass is 10.0. The van der Waals surface area contributed by atoms with Gasteiger partial charge in [-0.3, -0.25) is 9.59 Å². The van der Waals surface area contributed by atoms with E-state index < -0.39 is 0 Å². The van der Waals surface area contributed by atoms with Gasteiger partial charge in [-0.15, -0.1) is 0 Å². The van der Waals surface area contributed by atoms with Crippen molar-refractivity contribution >= 4 is 17.5 Å². The first-order valence-electron chi connectivity index (χ1n) is 10.4. The van der Waals surface area contributed by atoms with Crippen LogP contribution in [-0.4, -0.2) is 37.5 Å². The molecule has 0 unspecified atom stereocenters. The maximum atomic E-state index is 12.7. The summed E-state index contributed by atoms with van der Waals surface area (Å²) in [5.74, 6) is 0.697. The lowest BCUT2D eigenvalue weighted by Crippen LogP contribution is -2.46. The van der Waals surface area contributed by atoms with E-state index in [-0.39, 0.29) is 23.8 Å². The first-order chi connectivity index (χ1) is 13.0. The fourth-order valence-corrected chi connectivity index (χ4v) is 3.24. The molecule has 0 spiro atoms. The molecule has 2 amide bonds. The molecule has 2 N–H and O–H groups in total. The minimum Gasteiger partial charge on any atom is -0.371 e. The van der Waals surface area contributed by atoms with Crippen molar-refractivity contribution in [2.24, 2.45) is 11.8 Å². The summed E-state index contributed by atoms with van der Waals surface area (Å²) >= 11 is 0. The Morgan fingerprint density at radius 2 is 1.78 bits per heavy atom. The third-order valence-corrected chi connectivity index (χ3v) is 5.70. The predicted octanol–water partition coefficient (Wildman–Crippen LogP) is 3.59. The van der Waals surface area contributed by atoms with Crippen LogP contribution < -0.4 is 15.5 Å². The number of benzene rings is 1. The van der Waals surface area contributed by atoms with E-state index in [0.29, 0.717) is 12.5 Å². The van der Waals surface area contributed by atoms with Crippen LogP contribution in [0.3, 0.4) is 0 Å². The van der Waals surface area contributed by atoms with Gasteiger partial charge in [-0.1, -0.05) is 46.2 Å². The van der Waals surface area contributed by atoms with Gasteiger partial charge in [-0.2, -0.15) is 0 Å². The molecule has 0 aromatic heterocycles. The van der Waals surface area contributed by atoms with Crippen molar-refractivity contribution < 1.29 is 9.59 Å². The predicted molar refractivity (Wildman–Crippen MR) is 111 cm³/mol. The van der Waals surface area contributed by atoms with Gasteiger partial charge in [0, 0.05) is 37.3 Å². The third kappa shape index (κ3) is 5.98. The van der Waals surface area contributed by atoms with Gasteiger partial charge < -0.3 is 15.5 Å². The van der Waals surface area contributed by atoms with Gasteiger partial charge in [0.2, 0.25) is 5.91 Å². The molecule has 1 saturated heterocycles. The molecule has 1 aliphatic rings. The van der Waals surface area contributed by atoms with Crippen molar-refractivity contribution in [3.63, 3.8) is 0 Å². The SMILES string of the molecule is CC[C@@H](C)CNC(=O)c1ccccc1N1CCC(NC(=O)[C@@H](C)CC)CC1. The van der Waals surface area contributed by atoms with Crippen LogP contribution in [0.4, 0.5) is 5.69 Å². The Bertz CT molecular complexity index is 624. The Labute approximate surface area is 163 Å². The Kier molecular flexibility index (Phi) is 8.14. The van der Waals surface area contributed by atoms with Crippen LogP contribution >= 0.6 is 0 Å². The van der Waals surface area contributed by atoms with Crippen LogP contribution in [0.5, 0.6) is 0 Å². The summed E-state index contributed by atoms with van der Waals surface area (Å²) in [6, 6.07) is 8.06. The maximum absolute atomic E-state index is 12.7. The monoisotopic (exact) mass is 373 g/mol. The number of nitrogens with zero attached hydrogens (tertiary/aromatic N) is 1. The van der Waals surface area contributed by atoms with Gasteiger partial charge >= 0.3 is 0 Å². The van der Waals surface area contributed by atoms with E-state index in [2.05, 4.69) is 29.4 Å². The second kappa shape index (κ2) is 10.3. The summed E-state index contributed by atoms with van der Waals surface area (Å²) in [5, 5.41) is 6.23. The molecule has 2 rings (SSSR count). The van der Waals surface area contributed by atoms with Gasteiger partial charge in [-0.05, 0) is 37.3 Å². The summed E-state index contributed by atoms with van der Waals surface area (Å²) in [6.07, 6.45) is 3.73. The third-order valence-electron chi connectivity index (χ3n) is 5.70. The molecule has 27 heavy (non-hydrogen) atoms. The van der Waals surface area contributed by atoms with Gasteiger partial charge in [0.25, 0.3) is 5.91 Å². The maximum Gasteiger partial charge on any atom is 0.253 e.